The lowest BCUT2D eigenvalue weighted by molar-refractivity contribution is 0.196. The highest BCUT2D eigenvalue weighted by Gasteiger charge is 2.27. The van der Waals surface area contributed by atoms with E-state index in [4.69, 9.17) is 9.84 Å². The SMILES string of the molecule is CNC(=O)O.CNC(=O)Oc1c(C(C)(C)C)cccc1C(C)(C)C. The molecule has 1 rings (SSSR count). The second-order valence-corrected chi connectivity index (χ2v) is 7.38. The summed E-state index contributed by atoms with van der Waals surface area (Å²) in [6, 6.07) is 6.07. The average molecular weight is 338 g/mol. The van der Waals surface area contributed by atoms with Crippen molar-refractivity contribution in [3.05, 3.63) is 29.3 Å². The maximum absolute atomic E-state index is 11.6. The summed E-state index contributed by atoms with van der Waals surface area (Å²) in [5, 5.41) is 12.1. The van der Waals surface area contributed by atoms with Crippen LogP contribution in [-0.4, -0.2) is 31.4 Å². The third kappa shape index (κ3) is 6.89. The molecule has 0 aliphatic carbocycles. The van der Waals surface area contributed by atoms with Crippen molar-refractivity contribution in [1.82, 2.24) is 10.6 Å². The molecule has 0 radical (unpaired) electrons. The van der Waals surface area contributed by atoms with Gasteiger partial charge in [0.1, 0.15) is 5.75 Å². The van der Waals surface area contributed by atoms with Crippen molar-refractivity contribution < 1.29 is 19.4 Å². The molecule has 0 aliphatic heterocycles. The summed E-state index contributed by atoms with van der Waals surface area (Å²) < 4.78 is 5.53. The van der Waals surface area contributed by atoms with E-state index in [0.717, 1.165) is 11.1 Å². The van der Waals surface area contributed by atoms with Crippen LogP contribution in [0.1, 0.15) is 52.7 Å². The molecule has 0 saturated heterocycles. The van der Waals surface area contributed by atoms with Gasteiger partial charge in [0.2, 0.25) is 0 Å². The number of para-hydroxylation sites is 1. The number of carbonyl (C=O) groups is 2. The molecule has 6 nitrogen and oxygen atoms in total. The summed E-state index contributed by atoms with van der Waals surface area (Å²) >= 11 is 0. The van der Waals surface area contributed by atoms with Gasteiger partial charge in [0.25, 0.3) is 0 Å². The third-order valence-corrected chi connectivity index (χ3v) is 3.24. The van der Waals surface area contributed by atoms with Crippen LogP contribution in [-0.2, 0) is 10.8 Å². The first-order valence-corrected chi connectivity index (χ1v) is 7.78. The van der Waals surface area contributed by atoms with Crippen LogP contribution in [0.4, 0.5) is 9.59 Å². The maximum atomic E-state index is 11.6. The monoisotopic (exact) mass is 338 g/mol. The Balaban J connectivity index is 0.000000922. The lowest BCUT2D eigenvalue weighted by Gasteiger charge is -2.28. The van der Waals surface area contributed by atoms with Gasteiger partial charge < -0.3 is 20.5 Å². The predicted molar refractivity (Wildman–Crippen MR) is 96.0 cm³/mol. The number of carboxylic acid groups (broad SMARTS) is 1. The van der Waals surface area contributed by atoms with Gasteiger partial charge in [0.15, 0.2) is 0 Å². The number of hydrogen-bond acceptors (Lipinski definition) is 3. The van der Waals surface area contributed by atoms with Crippen molar-refractivity contribution in [3.8, 4) is 5.75 Å². The zero-order valence-electron chi connectivity index (χ0n) is 15.9. The summed E-state index contributed by atoms with van der Waals surface area (Å²) in [5.74, 6) is 0.682. The average Bonchev–Trinajstić information content (AvgIpc) is 2.45. The fraction of sp³-hybridized carbons (Fsp3) is 0.556. The molecular weight excluding hydrogens is 308 g/mol. The molecule has 0 spiro atoms. The number of benzene rings is 1. The Labute approximate surface area is 144 Å². The van der Waals surface area contributed by atoms with Gasteiger partial charge in [-0.15, -0.1) is 0 Å². The first kappa shape index (κ1) is 21.8. The van der Waals surface area contributed by atoms with Gasteiger partial charge in [-0.3, -0.25) is 0 Å². The summed E-state index contributed by atoms with van der Waals surface area (Å²) in [5.41, 5.74) is 1.93. The Morgan fingerprint density at radius 3 is 1.54 bits per heavy atom. The standard InChI is InChI=1S/C16H25NO2.C2H5NO2/c1-15(2,3)11-9-8-10-12(16(4,5)6)13(11)19-14(18)17-7;1-3-2(4)5/h8-10H,1-7H3,(H,17,18);3H,1H3,(H,4,5). The molecule has 0 fully saturated rings. The first-order chi connectivity index (χ1) is 10.8. The Kier molecular flexibility index (Phi) is 7.77. The Bertz CT molecular complexity index is 537. The van der Waals surface area contributed by atoms with E-state index < -0.39 is 12.2 Å². The number of rotatable bonds is 1. The fourth-order valence-corrected chi connectivity index (χ4v) is 1.97. The van der Waals surface area contributed by atoms with E-state index in [1.165, 1.54) is 7.05 Å². The third-order valence-electron chi connectivity index (χ3n) is 3.24. The van der Waals surface area contributed by atoms with Crippen molar-refractivity contribution in [3.63, 3.8) is 0 Å². The maximum Gasteiger partial charge on any atom is 0.412 e. The predicted octanol–water partition coefficient (Wildman–Crippen LogP) is 3.88. The Morgan fingerprint density at radius 2 is 1.29 bits per heavy atom. The van der Waals surface area contributed by atoms with E-state index in [1.807, 2.05) is 23.5 Å². The molecule has 1 aromatic carbocycles. The topological polar surface area (TPSA) is 87.7 Å². The van der Waals surface area contributed by atoms with Crippen LogP contribution in [0.2, 0.25) is 0 Å². The number of carbonyl (C=O) groups excluding carboxylic acids is 1. The van der Waals surface area contributed by atoms with Gasteiger partial charge in [-0.05, 0) is 10.8 Å². The first-order valence-electron chi connectivity index (χ1n) is 7.78. The van der Waals surface area contributed by atoms with Crippen molar-refractivity contribution in [2.75, 3.05) is 14.1 Å². The molecule has 0 bridgehead atoms. The van der Waals surface area contributed by atoms with Crippen LogP contribution in [0.15, 0.2) is 18.2 Å². The summed E-state index contributed by atoms with van der Waals surface area (Å²) in [4.78, 5) is 20.9. The van der Waals surface area contributed by atoms with E-state index in [9.17, 15) is 9.59 Å². The van der Waals surface area contributed by atoms with Crippen LogP contribution < -0.4 is 15.4 Å². The molecular formula is C18H30N2O4. The molecule has 0 heterocycles. The molecule has 0 aromatic heterocycles. The van der Waals surface area contributed by atoms with E-state index in [1.54, 1.807) is 7.05 Å². The van der Waals surface area contributed by atoms with Gasteiger partial charge in [-0.1, -0.05) is 59.7 Å². The van der Waals surface area contributed by atoms with Gasteiger partial charge >= 0.3 is 12.2 Å². The number of amides is 2. The minimum Gasteiger partial charge on any atom is -0.465 e. The lowest BCUT2D eigenvalue weighted by atomic mass is 9.79. The van der Waals surface area contributed by atoms with Crippen LogP contribution in [0, 0.1) is 0 Å². The molecule has 1 aromatic rings. The molecule has 3 N–H and O–H groups in total. The highest BCUT2D eigenvalue weighted by atomic mass is 16.6. The number of hydrogen-bond donors (Lipinski definition) is 3. The molecule has 2 amide bonds. The lowest BCUT2D eigenvalue weighted by Crippen LogP contribution is -2.26. The molecule has 6 heteroatoms. The Hall–Kier alpha value is -2.24. The van der Waals surface area contributed by atoms with Crippen LogP contribution >= 0.6 is 0 Å². The minimum absolute atomic E-state index is 0.0788. The van der Waals surface area contributed by atoms with E-state index in [-0.39, 0.29) is 10.8 Å². The van der Waals surface area contributed by atoms with Crippen molar-refractivity contribution >= 4 is 12.2 Å². The van der Waals surface area contributed by atoms with E-state index in [0.29, 0.717) is 5.75 Å². The van der Waals surface area contributed by atoms with Gasteiger partial charge in [0, 0.05) is 25.2 Å². The highest BCUT2D eigenvalue weighted by Crippen LogP contribution is 2.39. The smallest absolute Gasteiger partial charge is 0.412 e. The second kappa shape index (κ2) is 8.57. The van der Waals surface area contributed by atoms with Gasteiger partial charge in [0.05, 0.1) is 0 Å². The molecule has 0 aliphatic rings. The van der Waals surface area contributed by atoms with Crippen molar-refractivity contribution in [2.24, 2.45) is 0 Å². The molecule has 24 heavy (non-hydrogen) atoms. The Morgan fingerprint density at radius 1 is 0.917 bits per heavy atom. The largest absolute Gasteiger partial charge is 0.465 e. The highest BCUT2D eigenvalue weighted by molar-refractivity contribution is 5.71. The molecule has 0 unspecified atom stereocenters. The zero-order valence-corrected chi connectivity index (χ0v) is 15.9. The summed E-state index contributed by atoms with van der Waals surface area (Å²) in [6.45, 7) is 12.7. The normalized spacial score (nSPS) is 11.0. The van der Waals surface area contributed by atoms with Crippen molar-refractivity contribution in [2.45, 2.75) is 52.4 Å². The fourth-order valence-electron chi connectivity index (χ4n) is 1.97. The summed E-state index contributed by atoms with van der Waals surface area (Å²) in [6.07, 6.45) is -1.42. The number of nitrogens with one attached hydrogen (secondary N) is 2. The van der Waals surface area contributed by atoms with Gasteiger partial charge in [-0.25, -0.2) is 9.59 Å². The van der Waals surface area contributed by atoms with E-state index >= 15 is 0 Å². The number of ether oxygens (including phenoxy) is 1. The molecule has 0 saturated carbocycles. The van der Waals surface area contributed by atoms with Crippen molar-refractivity contribution in [1.29, 1.82) is 0 Å². The van der Waals surface area contributed by atoms with Crippen LogP contribution in [0.25, 0.3) is 0 Å². The zero-order chi connectivity index (χ0) is 19.1. The van der Waals surface area contributed by atoms with Crippen LogP contribution in [0.5, 0.6) is 5.75 Å². The van der Waals surface area contributed by atoms with Crippen LogP contribution in [0.3, 0.4) is 0 Å². The van der Waals surface area contributed by atoms with E-state index in [2.05, 4.69) is 46.9 Å². The minimum atomic E-state index is -0.995. The van der Waals surface area contributed by atoms with Gasteiger partial charge in [-0.2, -0.15) is 0 Å². The second-order valence-electron chi connectivity index (χ2n) is 7.38. The molecule has 0 atom stereocenters. The summed E-state index contributed by atoms with van der Waals surface area (Å²) in [7, 11) is 2.92. The molecule has 136 valence electrons. The quantitative estimate of drug-likeness (QED) is 0.725.